The van der Waals surface area contributed by atoms with E-state index < -0.39 is 36.1 Å². The number of alkyl carbamates (subject to hydrolysis) is 1. The number of hydrogen-bond donors (Lipinski definition) is 3. The van der Waals surface area contributed by atoms with Crippen molar-refractivity contribution in [3.05, 3.63) is 83.9 Å². The zero-order valence-corrected chi connectivity index (χ0v) is 25.3. The van der Waals surface area contributed by atoms with Crippen molar-refractivity contribution >= 4 is 23.9 Å². The first-order chi connectivity index (χ1) is 20.1. The second-order valence-corrected chi connectivity index (χ2v) is 11.0. The second-order valence-electron chi connectivity index (χ2n) is 11.0. The fourth-order valence-corrected chi connectivity index (χ4v) is 4.29. The Morgan fingerprint density at radius 2 is 1.24 bits per heavy atom. The van der Waals surface area contributed by atoms with Crippen LogP contribution in [0.4, 0.5) is 4.79 Å². The number of carbonyl (C=O) groups excluding carboxylic acids is 4. The van der Waals surface area contributed by atoms with Crippen molar-refractivity contribution in [1.82, 2.24) is 16.0 Å². The first-order valence-corrected chi connectivity index (χ1v) is 14.5. The standard InChI is InChI=1S/C33H45N3O6/c1-6-41-30(37)18-17-27(21-25-13-9-7-10-14-25)34-31(38)28(19-23(2)3)35-32(39)29(20-24(4)5)36-33(40)42-22-26-15-11-8-12-16-26/h7-18,23-24,27-29H,6,19-22H2,1-5H3,(H,34,38)(H,35,39)(H,36,40)/b18-17+. The van der Waals surface area contributed by atoms with Gasteiger partial charge in [-0.2, -0.15) is 0 Å². The Morgan fingerprint density at radius 3 is 1.79 bits per heavy atom. The highest BCUT2D eigenvalue weighted by Gasteiger charge is 2.29. The highest BCUT2D eigenvalue weighted by Crippen LogP contribution is 2.11. The maximum absolute atomic E-state index is 13.5. The molecule has 0 aliphatic carbocycles. The second kappa shape index (κ2) is 18.3. The molecule has 0 bridgehead atoms. The third-order valence-electron chi connectivity index (χ3n) is 6.25. The van der Waals surface area contributed by atoms with Gasteiger partial charge in [-0.1, -0.05) is 94.4 Å². The van der Waals surface area contributed by atoms with Crippen LogP contribution in [0.25, 0.3) is 0 Å². The number of amides is 3. The third kappa shape index (κ3) is 13.5. The summed E-state index contributed by atoms with van der Waals surface area (Å²) in [6.45, 7) is 9.84. The Balaban J connectivity index is 2.14. The number of nitrogens with one attached hydrogen (secondary N) is 3. The minimum absolute atomic E-state index is 0.0726. The SMILES string of the molecule is CCOC(=O)/C=C/C(Cc1ccccc1)NC(=O)C(CC(C)C)NC(=O)C(CC(C)C)NC(=O)OCc1ccccc1. The molecule has 0 saturated heterocycles. The quantitative estimate of drug-likeness (QED) is 0.196. The molecule has 2 aromatic carbocycles. The molecule has 0 radical (unpaired) electrons. The molecule has 9 heteroatoms. The number of ether oxygens (including phenoxy) is 2. The van der Waals surface area contributed by atoms with E-state index >= 15 is 0 Å². The summed E-state index contributed by atoms with van der Waals surface area (Å²) in [5.74, 6) is -1.17. The number of rotatable bonds is 16. The zero-order valence-electron chi connectivity index (χ0n) is 25.3. The number of carbonyl (C=O) groups is 4. The Bertz CT molecular complexity index is 1150. The molecule has 3 atom stereocenters. The van der Waals surface area contributed by atoms with Gasteiger partial charge in [0.15, 0.2) is 0 Å². The zero-order chi connectivity index (χ0) is 30.9. The lowest BCUT2D eigenvalue weighted by Crippen LogP contribution is -2.55. The molecule has 0 aliphatic heterocycles. The molecular formula is C33H45N3O6. The minimum atomic E-state index is -0.889. The van der Waals surface area contributed by atoms with Gasteiger partial charge < -0.3 is 25.4 Å². The highest BCUT2D eigenvalue weighted by molar-refractivity contribution is 5.91. The van der Waals surface area contributed by atoms with Crippen molar-refractivity contribution in [3.63, 3.8) is 0 Å². The van der Waals surface area contributed by atoms with Crippen molar-refractivity contribution in [2.45, 2.75) is 78.6 Å². The molecule has 0 fully saturated rings. The van der Waals surface area contributed by atoms with Gasteiger partial charge in [0.1, 0.15) is 18.7 Å². The van der Waals surface area contributed by atoms with E-state index in [4.69, 9.17) is 9.47 Å². The number of esters is 1. The van der Waals surface area contributed by atoms with E-state index in [9.17, 15) is 19.2 Å². The van der Waals surface area contributed by atoms with Crippen LogP contribution >= 0.6 is 0 Å². The van der Waals surface area contributed by atoms with Crippen LogP contribution in [0.5, 0.6) is 0 Å². The molecule has 42 heavy (non-hydrogen) atoms. The van der Waals surface area contributed by atoms with Crippen molar-refractivity contribution < 1.29 is 28.7 Å². The molecule has 3 amide bonds. The fraction of sp³-hybridized carbons (Fsp3) is 0.455. The maximum atomic E-state index is 13.5. The summed E-state index contributed by atoms with van der Waals surface area (Å²) < 4.78 is 10.3. The Hall–Kier alpha value is -4.14. The predicted octanol–water partition coefficient (Wildman–Crippen LogP) is 4.71. The summed E-state index contributed by atoms with van der Waals surface area (Å²) in [7, 11) is 0. The predicted molar refractivity (Wildman–Crippen MR) is 162 cm³/mol. The average molecular weight is 580 g/mol. The van der Waals surface area contributed by atoms with Gasteiger partial charge in [0.05, 0.1) is 12.6 Å². The minimum Gasteiger partial charge on any atom is -0.463 e. The molecule has 0 spiro atoms. The Kier molecular flexibility index (Phi) is 14.9. The lowest BCUT2D eigenvalue weighted by molar-refractivity contribution is -0.137. The van der Waals surface area contributed by atoms with E-state index in [0.29, 0.717) is 19.3 Å². The summed E-state index contributed by atoms with van der Waals surface area (Å²) in [5, 5.41) is 8.49. The summed E-state index contributed by atoms with van der Waals surface area (Å²) in [6, 6.07) is 16.6. The largest absolute Gasteiger partial charge is 0.463 e. The van der Waals surface area contributed by atoms with Crippen LogP contribution in [0.3, 0.4) is 0 Å². The van der Waals surface area contributed by atoms with Crippen LogP contribution in [-0.2, 0) is 36.9 Å². The lowest BCUT2D eigenvalue weighted by atomic mass is 9.99. The van der Waals surface area contributed by atoms with Gasteiger partial charge in [0.25, 0.3) is 0 Å². The van der Waals surface area contributed by atoms with E-state index in [1.54, 1.807) is 13.0 Å². The summed E-state index contributed by atoms with van der Waals surface area (Å²) >= 11 is 0. The molecule has 2 rings (SSSR count). The summed E-state index contributed by atoms with van der Waals surface area (Å²) in [4.78, 5) is 51.5. The van der Waals surface area contributed by atoms with E-state index in [1.165, 1.54) is 6.08 Å². The Morgan fingerprint density at radius 1 is 0.714 bits per heavy atom. The Labute approximate surface area is 249 Å². The van der Waals surface area contributed by atoms with Gasteiger partial charge in [-0.15, -0.1) is 0 Å². The van der Waals surface area contributed by atoms with Gasteiger partial charge in [-0.05, 0) is 49.1 Å². The van der Waals surface area contributed by atoms with E-state index in [1.807, 2.05) is 88.4 Å². The molecule has 228 valence electrons. The van der Waals surface area contributed by atoms with E-state index in [-0.39, 0.29) is 31.0 Å². The van der Waals surface area contributed by atoms with Crippen molar-refractivity contribution in [3.8, 4) is 0 Å². The van der Waals surface area contributed by atoms with Gasteiger partial charge in [-0.25, -0.2) is 9.59 Å². The van der Waals surface area contributed by atoms with Gasteiger partial charge >= 0.3 is 12.1 Å². The average Bonchev–Trinajstić information content (AvgIpc) is 2.95. The van der Waals surface area contributed by atoms with Crippen molar-refractivity contribution in [1.29, 1.82) is 0 Å². The lowest BCUT2D eigenvalue weighted by Gasteiger charge is -2.26. The molecule has 0 aromatic heterocycles. The van der Waals surface area contributed by atoms with Gasteiger partial charge in [0, 0.05) is 6.08 Å². The first kappa shape index (κ1) is 34.1. The molecule has 9 nitrogen and oxygen atoms in total. The first-order valence-electron chi connectivity index (χ1n) is 14.5. The van der Waals surface area contributed by atoms with Gasteiger partial charge in [0.2, 0.25) is 11.8 Å². The molecule has 0 saturated carbocycles. The topological polar surface area (TPSA) is 123 Å². The smallest absolute Gasteiger partial charge is 0.408 e. The molecule has 2 aromatic rings. The van der Waals surface area contributed by atoms with Crippen LogP contribution in [0.15, 0.2) is 72.8 Å². The third-order valence-corrected chi connectivity index (χ3v) is 6.25. The van der Waals surface area contributed by atoms with Crippen LogP contribution in [0.2, 0.25) is 0 Å². The van der Waals surface area contributed by atoms with Crippen LogP contribution < -0.4 is 16.0 Å². The molecule has 0 aliphatic rings. The maximum Gasteiger partial charge on any atom is 0.408 e. The molecule has 3 unspecified atom stereocenters. The number of benzene rings is 2. The summed E-state index contributed by atoms with van der Waals surface area (Å²) in [6.07, 6.45) is 3.37. The van der Waals surface area contributed by atoms with E-state index in [2.05, 4.69) is 16.0 Å². The fourth-order valence-electron chi connectivity index (χ4n) is 4.29. The van der Waals surface area contributed by atoms with Crippen molar-refractivity contribution in [2.24, 2.45) is 11.8 Å². The van der Waals surface area contributed by atoms with Crippen LogP contribution in [0, 0.1) is 11.8 Å². The molecule has 0 heterocycles. The number of hydrogen-bond acceptors (Lipinski definition) is 6. The van der Waals surface area contributed by atoms with Crippen LogP contribution in [0.1, 0.15) is 58.6 Å². The summed E-state index contributed by atoms with van der Waals surface area (Å²) in [5.41, 5.74) is 1.80. The highest BCUT2D eigenvalue weighted by atomic mass is 16.5. The van der Waals surface area contributed by atoms with Crippen LogP contribution in [-0.4, -0.2) is 48.6 Å². The monoisotopic (exact) mass is 579 g/mol. The van der Waals surface area contributed by atoms with Gasteiger partial charge in [-0.3, -0.25) is 9.59 Å². The molecular weight excluding hydrogens is 534 g/mol. The normalized spacial score (nSPS) is 13.3. The van der Waals surface area contributed by atoms with Crippen molar-refractivity contribution in [2.75, 3.05) is 6.61 Å². The molecule has 3 N–H and O–H groups in total. The van der Waals surface area contributed by atoms with E-state index in [0.717, 1.165) is 11.1 Å².